The molecule has 0 fully saturated rings. The normalized spacial score (nSPS) is 19.7. The maximum Gasteiger partial charge on any atom is -0.00272 e. The molecule has 0 bridgehead atoms. The van der Waals surface area contributed by atoms with Crippen molar-refractivity contribution in [2.24, 2.45) is 17.3 Å². The summed E-state index contributed by atoms with van der Waals surface area (Å²) in [6, 6.07) is 0. The van der Waals surface area contributed by atoms with E-state index in [0.717, 1.165) is 11.8 Å². The highest BCUT2D eigenvalue weighted by atomic mass is 14.3. The molecule has 70 valence electrons. The molecular weight excluding hydrogens is 144 g/mol. The lowest BCUT2D eigenvalue weighted by Gasteiger charge is -2.30. The van der Waals surface area contributed by atoms with Crippen molar-refractivity contribution < 1.29 is 0 Å². The van der Waals surface area contributed by atoms with Crippen molar-refractivity contribution in [1.29, 1.82) is 0 Å². The summed E-state index contributed by atoms with van der Waals surface area (Å²) in [7, 11) is 0. The predicted molar refractivity (Wildman–Crippen MR) is 55.1 cm³/mol. The van der Waals surface area contributed by atoms with E-state index in [9.17, 15) is 0 Å². The van der Waals surface area contributed by atoms with E-state index in [1.54, 1.807) is 0 Å². The van der Waals surface area contributed by atoms with E-state index < -0.39 is 0 Å². The van der Waals surface area contributed by atoms with Crippen molar-refractivity contribution in [3.05, 3.63) is 12.2 Å². The van der Waals surface area contributed by atoms with E-state index in [0.29, 0.717) is 5.41 Å². The summed E-state index contributed by atoms with van der Waals surface area (Å²) in [5.74, 6) is 1.71. The minimum Gasteiger partial charge on any atom is -0.0808 e. The van der Waals surface area contributed by atoms with Gasteiger partial charge in [-0.05, 0) is 23.7 Å². The molecule has 0 nitrogen and oxygen atoms in total. The van der Waals surface area contributed by atoms with E-state index >= 15 is 0 Å². The quantitative estimate of drug-likeness (QED) is 0.541. The van der Waals surface area contributed by atoms with Gasteiger partial charge in [0.1, 0.15) is 0 Å². The molecule has 0 aliphatic heterocycles. The largest absolute Gasteiger partial charge is 0.0808 e. The summed E-state index contributed by atoms with van der Waals surface area (Å²) >= 11 is 0. The molecule has 12 heavy (non-hydrogen) atoms. The topological polar surface area (TPSA) is 0 Å². The smallest absolute Gasteiger partial charge is 0.00272 e. The molecule has 0 saturated carbocycles. The van der Waals surface area contributed by atoms with Gasteiger partial charge in [0.2, 0.25) is 0 Å². The standard InChI is InChI=1S/C12H22/c1-5-12(4,6-2)9-10(3)11-7-8-11/h7-8,10-11H,5-6,9H2,1-4H3. The van der Waals surface area contributed by atoms with Crippen molar-refractivity contribution in [3.63, 3.8) is 0 Å². The number of allylic oxidation sites excluding steroid dienone is 2. The molecule has 1 aliphatic carbocycles. The van der Waals surface area contributed by atoms with E-state index in [4.69, 9.17) is 0 Å². The highest BCUT2D eigenvalue weighted by Crippen LogP contribution is 2.39. The van der Waals surface area contributed by atoms with Crippen LogP contribution < -0.4 is 0 Å². The maximum atomic E-state index is 2.42. The van der Waals surface area contributed by atoms with Crippen molar-refractivity contribution >= 4 is 0 Å². The van der Waals surface area contributed by atoms with Gasteiger partial charge in [-0.2, -0.15) is 0 Å². The van der Waals surface area contributed by atoms with Gasteiger partial charge in [0.25, 0.3) is 0 Å². The van der Waals surface area contributed by atoms with Crippen LogP contribution in [0.5, 0.6) is 0 Å². The molecule has 1 unspecified atom stereocenters. The monoisotopic (exact) mass is 166 g/mol. The third kappa shape index (κ3) is 2.36. The van der Waals surface area contributed by atoms with Crippen LogP contribution in [0.25, 0.3) is 0 Å². The van der Waals surface area contributed by atoms with Crippen molar-refractivity contribution in [1.82, 2.24) is 0 Å². The van der Waals surface area contributed by atoms with E-state index in [2.05, 4.69) is 39.8 Å². The molecular formula is C12H22. The van der Waals surface area contributed by atoms with Gasteiger partial charge in [-0.25, -0.2) is 0 Å². The fraction of sp³-hybridized carbons (Fsp3) is 0.833. The third-order valence-corrected chi connectivity index (χ3v) is 3.59. The minimum atomic E-state index is 0.587. The van der Waals surface area contributed by atoms with Crippen molar-refractivity contribution in [2.45, 2.75) is 47.0 Å². The van der Waals surface area contributed by atoms with Crippen LogP contribution in [0.4, 0.5) is 0 Å². The third-order valence-electron chi connectivity index (χ3n) is 3.59. The van der Waals surface area contributed by atoms with Gasteiger partial charge < -0.3 is 0 Å². The second-order valence-corrected chi connectivity index (χ2v) is 4.66. The number of rotatable bonds is 5. The Morgan fingerprint density at radius 2 is 1.75 bits per heavy atom. The van der Waals surface area contributed by atoms with Crippen LogP contribution in [0.15, 0.2) is 12.2 Å². The Labute approximate surface area is 77.1 Å². The fourth-order valence-corrected chi connectivity index (χ4v) is 1.90. The number of hydrogen-bond donors (Lipinski definition) is 0. The highest BCUT2D eigenvalue weighted by Gasteiger charge is 2.28. The molecule has 0 aromatic rings. The molecule has 0 N–H and O–H groups in total. The van der Waals surface area contributed by atoms with Crippen LogP contribution in [-0.4, -0.2) is 0 Å². The van der Waals surface area contributed by atoms with Crippen LogP contribution in [0, 0.1) is 17.3 Å². The molecule has 0 radical (unpaired) electrons. The van der Waals surface area contributed by atoms with Gasteiger partial charge in [-0.1, -0.05) is 52.7 Å². The lowest BCUT2D eigenvalue weighted by Crippen LogP contribution is -2.18. The van der Waals surface area contributed by atoms with Crippen molar-refractivity contribution in [2.75, 3.05) is 0 Å². The van der Waals surface area contributed by atoms with Gasteiger partial charge in [0.05, 0.1) is 0 Å². The predicted octanol–water partition coefficient (Wildman–Crippen LogP) is 4.02. The maximum absolute atomic E-state index is 2.42. The fourth-order valence-electron chi connectivity index (χ4n) is 1.90. The Morgan fingerprint density at radius 3 is 2.08 bits per heavy atom. The molecule has 1 atom stereocenters. The Bertz CT molecular complexity index is 157. The SMILES string of the molecule is CCC(C)(CC)CC(C)C1C=C1. The van der Waals surface area contributed by atoms with Gasteiger partial charge >= 0.3 is 0 Å². The lowest BCUT2D eigenvalue weighted by molar-refractivity contribution is 0.221. The summed E-state index contributed by atoms with van der Waals surface area (Å²) < 4.78 is 0. The first-order valence-corrected chi connectivity index (χ1v) is 5.29. The Morgan fingerprint density at radius 1 is 1.25 bits per heavy atom. The summed E-state index contributed by atoms with van der Waals surface area (Å²) in [4.78, 5) is 0. The van der Waals surface area contributed by atoms with Crippen molar-refractivity contribution in [3.8, 4) is 0 Å². The average molecular weight is 166 g/mol. The zero-order chi connectivity index (χ0) is 9.19. The molecule has 0 amide bonds. The molecule has 0 heteroatoms. The van der Waals surface area contributed by atoms with Gasteiger partial charge in [0.15, 0.2) is 0 Å². The first-order valence-electron chi connectivity index (χ1n) is 5.29. The van der Waals surface area contributed by atoms with Gasteiger partial charge in [-0.3, -0.25) is 0 Å². The Balaban J connectivity index is 2.35. The first kappa shape index (κ1) is 9.83. The molecule has 0 spiro atoms. The van der Waals surface area contributed by atoms with E-state index in [-0.39, 0.29) is 0 Å². The summed E-state index contributed by atoms with van der Waals surface area (Å²) in [5, 5.41) is 0. The molecule has 0 aromatic heterocycles. The zero-order valence-corrected chi connectivity index (χ0v) is 8.93. The summed E-state index contributed by atoms with van der Waals surface area (Å²) in [6.45, 7) is 9.44. The molecule has 0 heterocycles. The van der Waals surface area contributed by atoms with E-state index in [1.165, 1.54) is 19.3 Å². The second kappa shape index (κ2) is 3.64. The molecule has 1 rings (SSSR count). The Kier molecular flexibility index (Phi) is 2.98. The van der Waals surface area contributed by atoms with Crippen LogP contribution in [0.2, 0.25) is 0 Å². The molecule has 0 aromatic carbocycles. The van der Waals surface area contributed by atoms with Gasteiger partial charge in [-0.15, -0.1) is 0 Å². The minimum absolute atomic E-state index is 0.587. The Hall–Kier alpha value is -0.260. The van der Waals surface area contributed by atoms with E-state index in [1.807, 2.05) is 0 Å². The van der Waals surface area contributed by atoms with Crippen LogP contribution in [0.1, 0.15) is 47.0 Å². The number of hydrogen-bond acceptors (Lipinski definition) is 0. The zero-order valence-electron chi connectivity index (χ0n) is 8.93. The molecule has 1 aliphatic rings. The summed E-state index contributed by atoms with van der Waals surface area (Å²) in [5.41, 5.74) is 0.587. The van der Waals surface area contributed by atoms with Crippen LogP contribution in [-0.2, 0) is 0 Å². The lowest BCUT2D eigenvalue weighted by atomic mass is 9.76. The average Bonchev–Trinajstić information content (AvgIpc) is 2.86. The summed E-state index contributed by atoms with van der Waals surface area (Å²) in [6.07, 6.45) is 8.69. The van der Waals surface area contributed by atoms with Gasteiger partial charge in [0, 0.05) is 0 Å². The van der Waals surface area contributed by atoms with Crippen LogP contribution in [0.3, 0.4) is 0 Å². The molecule has 0 saturated heterocycles. The first-order chi connectivity index (χ1) is 5.61. The van der Waals surface area contributed by atoms with Crippen LogP contribution >= 0.6 is 0 Å². The highest BCUT2D eigenvalue weighted by molar-refractivity contribution is 5.15. The second-order valence-electron chi connectivity index (χ2n) is 4.66.